The van der Waals surface area contributed by atoms with Crippen molar-refractivity contribution in [3.63, 3.8) is 0 Å². The Morgan fingerprint density at radius 3 is 2.52 bits per heavy atom. The van der Waals surface area contributed by atoms with Crippen LogP contribution in [0.5, 0.6) is 0 Å². The van der Waals surface area contributed by atoms with Crippen molar-refractivity contribution in [3.8, 4) is 0 Å². The van der Waals surface area contributed by atoms with E-state index in [1.54, 1.807) is 35.6 Å². The van der Waals surface area contributed by atoms with E-state index >= 15 is 0 Å². The first-order valence-corrected chi connectivity index (χ1v) is 7.67. The second kappa shape index (κ2) is 7.83. The summed E-state index contributed by atoms with van der Waals surface area (Å²) in [6.07, 6.45) is -7.28. The summed E-state index contributed by atoms with van der Waals surface area (Å²) >= 11 is 0. The zero-order valence-corrected chi connectivity index (χ0v) is 13.5. The molecule has 1 aromatic rings. The van der Waals surface area contributed by atoms with Gasteiger partial charge in [0, 0.05) is 13.7 Å². The molecule has 2 rings (SSSR count). The Bertz CT molecular complexity index is 609. The highest BCUT2D eigenvalue weighted by atomic mass is 19.4. The van der Waals surface area contributed by atoms with E-state index in [2.05, 4.69) is 0 Å². The minimum absolute atomic E-state index is 0.0122. The van der Waals surface area contributed by atoms with Gasteiger partial charge in [-0.15, -0.1) is 0 Å². The van der Waals surface area contributed by atoms with Crippen molar-refractivity contribution in [2.45, 2.75) is 43.9 Å². The van der Waals surface area contributed by atoms with Gasteiger partial charge >= 0.3 is 12.1 Å². The van der Waals surface area contributed by atoms with Gasteiger partial charge in [-0.3, -0.25) is 9.59 Å². The number of likely N-dealkylation sites (tertiary alicyclic amines) is 1. The molecule has 138 valence electrons. The van der Waals surface area contributed by atoms with Crippen molar-refractivity contribution in [2.24, 2.45) is 0 Å². The molecule has 6 nitrogen and oxygen atoms in total. The standard InChI is InChI=1S/C16H19F3N2O4/c1-25-14-12(22)8-7-11(20-15(24)16(17,18)19)13(23)21(14)9-10-5-3-2-4-6-10/h2-6,11-12,14,22H,7-9H2,1H3,(H,20,24)/t11-,12+,14-/m0/s1. The van der Waals surface area contributed by atoms with Gasteiger partial charge in [0.2, 0.25) is 5.91 Å². The number of halogens is 3. The van der Waals surface area contributed by atoms with Gasteiger partial charge in [-0.25, -0.2) is 0 Å². The maximum atomic E-state index is 12.7. The molecule has 3 atom stereocenters. The van der Waals surface area contributed by atoms with Crippen LogP contribution in [0.15, 0.2) is 30.3 Å². The smallest absolute Gasteiger partial charge is 0.388 e. The van der Waals surface area contributed by atoms with Crippen LogP contribution in [-0.4, -0.2) is 53.5 Å². The number of carbonyl (C=O) groups excluding carboxylic acids is 2. The fourth-order valence-corrected chi connectivity index (χ4v) is 2.74. The number of carbonyl (C=O) groups is 2. The summed E-state index contributed by atoms with van der Waals surface area (Å²) in [5.74, 6) is -2.92. The van der Waals surface area contributed by atoms with E-state index < -0.39 is 36.4 Å². The third-order valence-electron chi connectivity index (χ3n) is 3.97. The molecule has 1 heterocycles. The molecular formula is C16H19F3N2O4. The van der Waals surface area contributed by atoms with E-state index in [0.29, 0.717) is 5.56 Å². The molecule has 1 saturated heterocycles. The van der Waals surface area contributed by atoms with Crippen molar-refractivity contribution < 1.29 is 32.6 Å². The molecule has 9 heteroatoms. The summed E-state index contributed by atoms with van der Waals surface area (Å²) in [5, 5.41) is 11.9. The quantitative estimate of drug-likeness (QED) is 0.846. The van der Waals surface area contributed by atoms with Crippen LogP contribution in [0.3, 0.4) is 0 Å². The summed E-state index contributed by atoms with van der Waals surface area (Å²) in [4.78, 5) is 25.0. The van der Waals surface area contributed by atoms with Crippen molar-refractivity contribution >= 4 is 11.8 Å². The number of alkyl halides is 3. The molecule has 0 radical (unpaired) electrons. The zero-order chi connectivity index (χ0) is 18.6. The number of aliphatic hydroxyl groups excluding tert-OH is 1. The lowest BCUT2D eigenvalue weighted by Crippen LogP contribution is -2.53. The van der Waals surface area contributed by atoms with E-state index in [1.807, 2.05) is 0 Å². The molecule has 1 aliphatic rings. The number of hydrogen-bond acceptors (Lipinski definition) is 4. The van der Waals surface area contributed by atoms with Crippen LogP contribution in [-0.2, 0) is 20.9 Å². The highest BCUT2D eigenvalue weighted by molar-refractivity contribution is 5.90. The molecule has 2 amide bonds. The molecule has 0 spiro atoms. The normalized spacial score (nSPS) is 24.8. The summed E-state index contributed by atoms with van der Waals surface area (Å²) in [7, 11) is 1.30. The number of amides is 2. The van der Waals surface area contributed by atoms with Crippen molar-refractivity contribution in [1.82, 2.24) is 10.2 Å². The predicted octanol–water partition coefficient (Wildman–Crippen LogP) is 1.19. The topological polar surface area (TPSA) is 78.9 Å². The van der Waals surface area contributed by atoms with E-state index in [9.17, 15) is 27.9 Å². The maximum Gasteiger partial charge on any atom is 0.471 e. The van der Waals surface area contributed by atoms with Crippen LogP contribution in [0.4, 0.5) is 13.2 Å². The monoisotopic (exact) mass is 360 g/mol. The second-order valence-corrected chi connectivity index (χ2v) is 5.75. The van der Waals surface area contributed by atoms with E-state index in [4.69, 9.17) is 4.74 Å². The molecule has 0 saturated carbocycles. The van der Waals surface area contributed by atoms with Gasteiger partial charge in [-0.1, -0.05) is 30.3 Å². The number of methoxy groups -OCH3 is 1. The first-order chi connectivity index (χ1) is 11.7. The van der Waals surface area contributed by atoms with Crippen molar-refractivity contribution in [2.75, 3.05) is 7.11 Å². The van der Waals surface area contributed by atoms with Crippen molar-refractivity contribution in [3.05, 3.63) is 35.9 Å². The number of aliphatic hydroxyl groups is 1. The van der Waals surface area contributed by atoms with Crippen LogP contribution in [0.2, 0.25) is 0 Å². The van der Waals surface area contributed by atoms with Gasteiger partial charge in [0.05, 0.1) is 6.10 Å². The SMILES string of the molecule is CO[C@H]1[C@H](O)CC[C@H](NC(=O)C(F)(F)F)C(=O)N1Cc1ccccc1. The lowest BCUT2D eigenvalue weighted by atomic mass is 10.1. The Morgan fingerprint density at radius 1 is 1.32 bits per heavy atom. The number of hydrogen-bond donors (Lipinski definition) is 2. The average Bonchev–Trinajstić information content (AvgIpc) is 2.67. The Labute approximate surface area is 142 Å². The van der Waals surface area contributed by atoms with Gasteiger partial charge in [0.1, 0.15) is 6.04 Å². The summed E-state index contributed by atoms with van der Waals surface area (Å²) in [5.41, 5.74) is 0.716. The van der Waals surface area contributed by atoms with Gasteiger partial charge in [0.25, 0.3) is 0 Å². The molecule has 0 aliphatic carbocycles. The lowest BCUT2D eigenvalue weighted by Gasteiger charge is -2.32. The molecule has 1 aromatic carbocycles. The van der Waals surface area contributed by atoms with Gasteiger partial charge in [-0.2, -0.15) is 13.2 Å². The molecule has 0 bridgehead atoms. The number of rotatable bonds is 4. The van der Waals surface area contributed by atoms with Crippen LogP contribution in [0, 0.1) is 0 Å². The Kier molecular flexibility index (Phi) is 6.02. The largest absolute Gasteiger partial charge is 0.471 e. The highest BCUT2D eigenvalue weighted by Crippen LogP contribution is 2.23. The number of ether oxygens (including phenoxy) is 1. The van der Waals surface area contributed by atoms with Gasteiger partial charge in [0.15, 0.2) is 6.23 Å². The molecule has 1 fully saturated rings. The maximum absolute atomic E-state index is 12.7. The second-order valence-electron chi connectivity index (χ2n) is 5.75. The molecule has 25 heavy (non-hydrogen) atoms. The first kappa shape index (κ1) is 19.2. The molecule has 2 N–H and O–H groups in total. The summed E-state index contributed by atoms with van der Waals surface area (Å²) in [6, 6.07) is 7.37. The van der Waals surface area contributed by atoms with Gasteiger partial charge < -0.3 is 20.1 Å². The Hall–Kier alpha value is -2.13. The Balaban J connectivity index is 2.24. The van der Waals surface area contributed by atoms with Crippen LogP contribution in [0.25, 0.3) is 0 Å². The minimum Gasteiger partial charge on any atom is -0.388 e. The number of benzene rings is 1. The predicted molar refractivity (Wildman–Crippen MR) is 81.0 cm³/mol. The first-order valence-electron chi connectivity index (χ1n) is 7.67. The van der Waals surface area contributed by atoms with E-state index in [-0.39, 0.29) is 19.4 Å². The van der Waals surface area contributed by atoms with Crippen LogP contribution in [0.1, 0.15) is 18.4 Å². The molecular weight excluding hydrogens is 341 g/mol. The Morgan fingerprint density at radius 2 is 1.96 bits per heavy atom. The van der Waals surface area contributed by atoms with Crippen molar-refractivity contribution in [1.29, 1.82) is 0 Å². The molecule has 0 aromatic heterocycles. The number of nitrogens with zero attached hydrogens (tertiary/aromatic N) is 1. The highest BCUT2D eigenvalue weighted by Gasteiger charge is 2.44. The third kappa shape index (κ3) is 4.70. The fourth-order valence-electron chi connectivity index (χ4n) is 2.74. The van der Waals surface area contributed by atoms with Gasteiger partial charge in [-0.05, 0) is 18.4 Å². The summed E-state index contributed by atoms with van der Waals surface area (Å²) in [6.45, 7) is 0.0353. The molecule has 1 aliphatic heterocycles. The lowest BCUT2D eigenvalue weighted by molar-refractivity contribution is -0.175. The van der Waals surface area contributed by atoms with Crippen LogP contribution >= 0.6 is 0 Å². The average molecular weight is 360 g/mol. The fraction of sp³-hybridized carbons (Fsp3) is 0.500. The van der Waals surface area contributed by atoms with Crippen LogP contribution < -0.4 is 5.32 Å². The summed E-state index contributed by atoms with van der Waals surface area (Å²) < 4.78 is 42.6. The van der Waals surface area contributed by atoms with E-state index in [0.717, 1.165) is 4.90 Å². The third-order valence-corrected chi connectivity index (χ3v) is 3.97. The number of nitrogens with one attached hydrogen (secondary N) is 1. The minimum atomic E-state index is -5.09. The zero-order valence-electron chi connectivity index (χ0n) is 13.5. The molecule has 0 unspecified atom stereocenters. The van der Waals surface area contributed by atoms with E-state index in [1.165, 1.54) is 7.11 Å².